The fraction of sp³-hybridized carbons (Fsp3) is 0.625. The molecule has 1 unspecified atom stereocenters. The molecule has 0 aromatic heterocycles. The van der Waals surface area contributed by atoms with E-state index >= 15 is 0 Å². The molecule has 2 nitrogen and oxygen atoms in total. The summed E-state index contributed by atoms with van der Waals surface area (Å²) < 4.78 is 37.7. The highest BCUT2D eigenvalue weighted by molar-refractivity contribution is 5.39. The van der Waals surface area contributed by atoms with Crippen molar-refractivity contribution >= 4 is 0 Å². The number of aryl methyl sites for hydroxylation is 3. The van der Waals surface area contributed by atoms with E-state index in [1.165, 1.54) is 4.90 Å². The zero-order valence-corrected chi connectivity index (χ0v) is 13.1. The number of alkyl halides is 3. The van der Waals surface area contributed by atoms with E-state index in [-0.39, 0.29) is 6.54 Å². The lowest BCUT2D eigenvalue weighted by atomic mass is 9.95. The first-order valence-corrected chi connectivity index (χ1v) is 7.19. The van der Waals surface area contributed by atoms with Gasteiger partial charge in [-0.1, -0.05) is 24.6 Å². The zero-order valence-electron chi connectivity index (χ0n) is 13.1. The zero-order chi connectivity index (χ0) is 16.2. The molecule has 1 aromatic rings. The Labute approximate surface area is 124 Å². The average Bonchev–Trinajstić information content (AvgIpc) is 2.24. The Morgan fingerprint density at radius 2 is 1.67 bits per heavy atom. The summed E-state index contributed by atoms with van der Waals surface area (Å²) in [5.41, 5.74) is 3.66. The van der Waals surface area contributed by atoms with Crippen LogP contribution in [0.1, 0.15) is 41.7 Å². The van der Waals surface area contributed by atoms with Gasteiger partial charge in [0.25, 0.3) is 0 Å². The molecule has 0 spiro atoms. The molecular formula is C16H24F3NO. The van der Waals surface area contributed by atoms with Gasteiger partial charge in [0.1, 0.15) is 0 Å². The predicted molar refractivity (Wildman–Crippen MR) is 78.4 cm³/mol. The molecule has 0 saturated carbocycles. The molecule has 0 radical (unpaired) electrons. The molecule has 1 aromatic carbocycles. The summed E-state index contributed by atoms with van der Waals surface area (Å²) >= 11 is 0. The van der Waals surface area contributed by atoms with Crippen LogP contribution in [0.4, 0.5) is 13.2 Å². The van der Waals surface area contributed by atoms with Gasteiger partial charge in [0.15, 0.2) is 0 Å². The van der Waals surface area contributed by atoms with E-state index < -0.39 is 18.8 Å². The largest absolute Gasteiger partial charge is 0.401 e. The van der Waals surface area contributed by atoms with Crippen LogP contribution in [0.25, 0.3) is 0 Å². The standard InChI is InChI=1S/C16H24F3NO/c1-5-6-20(10-16(17,18)19)9-14(21)15-12(3)7-11(2)8-13(15)4/h7-8,14,21H,5-6,9-10H2,1-4H3. The topological polar surface area (TPSA) is 23.5 Å². The SMILES string of the molecule is CCCN(CC(O)c1c(C)cc(C)cc1C)CC(F)(F)F. The third-order valence-electron chi connectivity index (χ3n) is 3.45. The first kappa shape index (κ1) is 18.0. The number of aliphatic hydroxyl groups is 1. The highest BCUT2D eigenvalue weighted by atomic mass is 19.4. The van der Waals surface area contributed by atoms with E-state index in [4.69, 9.17) is 0 Å². The molecule has 0 aliphatic heterocycles. The van der Waals surface area contributed by atoms with Crippen molar-refractivity contribution in [2.75, 3.05) is 19.6 Å². The van der Waals surface area contributed by atoms with E-state index in [1.807, 2.05) is 39.8 Å². The number of hydrogen-bond donors (Lipinski definition) is 1. The van der Waals surface area contributed by atoms with Gasteiger partial charge < -0.3 is 5.11 Å². The Morgan fingerprint density at radius 1 is 1.14 bits per heavy atom. The summed E-state index contributed by atoms with van der Waals surface area (Å²) in [5, 5.41) is 10.4. The average molecular weight is 303 g/mol. The first-order valence-electron chi connectivity index (χ1n) is 7.19. The van der Waals surface area contributed by atoms with E-state index in [9.17, 15) is 18.3 Å². The summed E-state index contributed by atoms with van der Waals surface area (Å²) in [4.78, 5) is 1.27. The maximum Gasteiger partial charge on any atom is 0.401 e. The lowest BCUT2D eigenvalue weighted by Gasteiger charge is -2.27. The molecule has 0 fully saturated rings. The summed E-state index contributed by atoms with van der Waals surface area (Å²) in [6.45, 7) is 6.89. The molecule has 120 valence electrons. The minimum absolute atomic E-state index is 0.00189. The van der Waals surface area contributed by atoms with Gasteiger partial charge in [-0.05, 0) is 50.4 Å². The number of hydrogen-bond acceptors (Lipinski definition) is 2. The normalized spacial score (nSPS) is 13.8. The lowest BCUT2D eigenvalue weighted by Crippen LogP contribution is -2.37. The van der Waals surface area contributed by atoms with Crippen LogP contribution in [0, 0.1) is 20.8 Å². The van der Waals surface area contributed by atoms with Crippen molar-refractivity contribution in [2.24, 2.45) is 0 Å². The summed E-state index contributed by atoms with van der Waals surface area (Å²) in [7, 11) is 0. The Morgan fingerprint density at radius 3 is 2.10 bits per heavy atom. The van der Waals surface area contributed by atoms with Gasteiger partial charge >= 0.3 is 6.18 Å². The van der Waals surface area contributed by atoms with E-state index in [0.717, 1.165) is 22.3 Å². The Balaban J connectivity index is 2.89. The van der Waals surface area contributed by atoms with Crippen LogP contribution in [0.5, 0.6) is 0 Å². The van der Waals surface area contributed by atoms with Crippen molar-refractivity contribution in [3.63, 3.8) is 0 Å². The quantitative estimate of drug-likeness (QED) is 0.861. The Bertz CT molecular complexity index is 448. The number of benzene rings is 1. The van der Waals surface area contributed by atoms with Crippen LogP contribution in [0.3, 0.4) is 0 Å². The molecule has 0 aliphatic rings. The highest BCUT2D eigenvalue weighted by Gasteiger charge is 2.31. The molecule has 0 saturated heterocycles. The van der Waals surface area contributed by atoms with Gasteiger partial charge in [0.2, 0.25) is 0 Å². The molecular weight excluding hydrogens is 279 g/mol. The summed E-state index contributed by atoms with van der Waals surface area (Å²) in [6.07, 6.45) is -4.53. The Kier molecular flexibility index (Phi) is 6.23. The van der Waals surface area contributed by atoms with Crippen molar-refractivity contribution in [2.45, 2.75) is 46.4 Å². The van der Waals surface area contributed by atoms with Crippen molar-refractivity contribution in [1.82, 2.24) is 4.90 Å². The van der Waals surface area contributed by atoms with Gasteiger partial charge in [-0.3, -0.25) is 4.90 Å². The lowest BCUT2D eigenvalue weighted by molar-refractivity contribution is -0.148. The third kappa shape index (κ3) is 5.67. The van der Waals surface area contributed by atoms with Gasteiger partial charge in [-0.2, -0.15) is 13.2 Å². The molecule has 0 bridgehead atoms. The molecule has 1 rings (SSSR count). The molecule has 21 heavy (non-hydrogen) atoms. The van der Waals surface area contributed by atoms with Gasteiger partial charge in [0, 0.05) is 6.54 Å². The van der Waals surface area contributed by atoms with Crippen molar-refractivity contribution in [3.05, 3.63) is 34.4 Å². The van der Waals surface area contributed by atoms with Crippen LogP contribution in [-0.2, 0) is 0 Å². The third-order valence-corrected chi connectivity index (χ3v) is 3.45. The van der Waals surface area contributed by atoms with E-state index in [1.54, 1.807) is 0 Å². The maximum atomic E-state index is 12.6. The van der Waals surface area contributed by atoms with Crippen molar-refractivity contribution in [3.8, 4) is 0 Å². The van der Waals surface area contributed by atoms with Gasteiger partial charge in [0.05, 0.1) is 12.6 Å². The Hall–Kier alpha value is -1.07. The minimum atomic E-state index is -4.24. The maximum absolute atomic E-state index is 12.6. The van der Waals surface area contributed by atoms with Crippen LogP contribution in [0.15, 0.2) is 12.1 Å². The molecule has 5 heteroatoms. The van der Waals surface area contributed by atoms with Crippen molar-refractivity contribution in [1.29, 1.82) is 0 Å². The fourth-order valence-corrected chi connectivity index (χ4v) is 2.86. The molecule has 1 N–H and O–H groups in total. The van der Waals surface area contributed by atoms with E-state index in [2.05, 4.69) is 0 Å². The molecule has 0 amide bonds. The number of rotatable bonds is 6. The summed E-state index contributed by atoms with van der Waals surface area (Å²) in [5.74, 6) is 0. The number of aliphatic hydroxyl groups excluding tert-OH is 1. The molecule has 0 aliphatic carbocycles. The number of nitrogens with zero attached hydrogens (tertiary/aromatic N) is 1. The second-order valence-corrected chi connectivity index (χ2v) is 5.68. The minimum Gasteiger partial charge on any atom is -0.387 e. The number of halogens is 3. The molecule has 1 atom stereocenters. The van der Waals surface area contributed by atoms with Crippen LogP contribution < -0.4 is 0 Å². The highest BCUT2D eigenvalue weighted by Crippen LogP contribution is 2.25. The molecule has 0 heterocycles. The van der Waals surface area contributed by atoms with Crippen LogP contribution >= 0.6 is 0 Å². The van der Waals surface area contributed by atoms with Crippen molar-refractivity contribution < 1.29 is 18.3 Å². The van der Waals surface area contributed by atoms with Crippen LogP contribution in [-0.4, -0.2) is 35.8 Å². The monoisotopic (exact) mass is 303 g/mol. The van der Waals surface area contributed by atoms with Crippen LogP contribution in [0.2, 0.25) is 0 Å². The first-order chi connectivity index (χ1) is 9.64. The smallest absolute Gasteiger partial charge is 0.387 e. The predicted octanol–water partition coefficient (Wildman–Crippen LogP) is 3.92. The van der Waals surface area contributed by atoms with E-state index in [0.29, 0.717) is 13.0 Å². The fourth-order valence-electron chi connectivity index (χ4n) is 2.86. The second kappa shape index (κ2) is 7.27. The summed E-state index contributed by atoms with van der Waals surface area (Å²) in [6, 6.07) is 3.89. The van der Waals surface area contributed by atoms with Gasteiger partial charge in [-0.15, -0.1) is 0 Å². The van der Waals surface area contributed by atoms with Gasteiger partial charge in [-0.25, -0.2) is 0 Å². The second-order valence-electron chi connectivity index (χ2n) is 5.68.